The van der Waals surface area contributed by atoms with Crippen LogP contribution in [0.1, 0.15) is 39.0 Å². The van der Waals surface area contributed by atoms with E-state index in [-0.39, 0.29) is 0 Å². The second-order valence-electron chi connectivity index (χ2n) is 2.77. The molecule has 0 aliphatic rings. The third-order valence-electron chi connectivity index (χ3n) is 1.70. The molecule has 0 aromatic rings. The highest BCUT2D eigenvalue weighted by atomic mass is 79.9. The number of aliphatic carboxylic acids is 1. The first kappa shape index (κ1) is 11.9. The maximum atomic E-state index is 10.4. The molecular formula is C8H15BrO3. The number of carboxylic acids is 1. The molecule has 0 radical (unpaired) electrons. The molecule has 0 rings (SSSR count). The smallest absolute Gasteiger partial charge is 0.334 e. The largest absolute Gasteiger partial charge is 0.479 e. The Hall–Kier alpha value is -0.0900. The highest BCUT2D eigenvalue weighted by Crippen LogP contribution is 2.10. The maximum absolute atomic E-state index is 10.4. The first-order valence-electron chi connectivity index (χ1n) is 4.22. The lowest BCUT2D eigenvalue weighted by molar-refractivity contribution is -0.144. The SMILES string of the molecule is CCCCCCC(OBr)C(=O)O. The van der Waals surface area contributed by atoms with Crippen LogP contribution < -0.4 is 0 Å². The Morgan fingerprint density at radius 2 is 2.17 bits per heavy atom. The van der Waals surface area contributed by atoms with Crippen LogP contribution in [0.2, 0.25) is 0 Å². The number of carbonyl (C=O) groups is 1. The van der Waals surface area contributed by atoms with E-state index in [0.717, 1.165) is 25.7 Å². The summed E-state index contributed by atoms with van der Waals surface area (Å²) in [6.07, 6.45) is 4.21. The molecule has 0 amide bonds. The predicted octanol–water partition coefficient (Wildman–Crippen LogP) is 2.74. The van der Waals surface area contributed by atoms with Crippen LogP contribution in [-0.2, 0) is 8.62 Å². The second-order valence-corrected chi connectivity index (χ2v) is 3.14. The summed E-state index contributed by atoms with van der Waals surface area (Å²) in [7, 11) is 0. The van der Waals surface area contributed by atoms with Crippen molar-refractivity contribution in [2.24, 2.45) is 0 Å². The Morgan fingerprint density at radius 1 is 1.50 bits per heavy atom. The van der Waals surface area contributed by atoms with Crippen molar-refractivity contribution < 1.29 is 13.7 Å². The zero-order valence-corrected chi connectivity index (χ0v) is 8.84. The van der Waals surface area contributed by atoms with Gasteiger partial charge in [-0.05, 0) is 6.42 Å². The third kappa shape index (κ3) is 5.55. The van der Waals surface area contributed by atoms with Gasteiger partial charge in [0.15, 0.2) is 6.10 Å². The molecule has 1 unspecified atom stereocenters. The van der Waals surface area contributed by atoms with E-state index in [9.17, 15) is 4.79 Å². The minimum absolute atomic E-state index is 0.584. The van der Waals surface area contributed by atoms with Crippen molar-refractivity contribution in [3.63, 3.8) is 0 Å². The van der Waals surface area contributed by atoms with E-state index in [2.05, 4.69) is 27.0 Å². The zero-order chi connectivity index (χ0) is 9.40. The van der Waals surface area contributed by atoms with E-state index in [1.807, 2.05) is 0 Å². The number of carboxylic acid groups (broad SMARTS) is 1. The first-order chi connectivity index (χ1) is 5.72. The van der Waals surface area contributed by atoms with Gasteiger partial charge in [0.25, 0.3) is 0 Å². The lowest BCUT2D eigenvalue weighted by Gasteiger charge is -2.07. The van der Waals surface area contributed by atoms with Crippen LogP contribution in [0.15, 0.2) is 0 Å². The fourth-order valence-electron chi connectivity index (χ4n) is 0.963. The molecule has 0 aliphatic carbocycles. The molecule has 0 fully saturated rings. The van der Waals surface area contributed by atoms with E-state index in [0.29, 0.717) is 6.42 Å². The minimum Gasteiger partial charge on any atom is -0.479 e. The van der Waals surface area contributed by atoms with Gasteiger partial charge < -0.3 is 5.11 Å². The molecule has 0 aromatic heterocycles. The molecule has 12 heavy (non-hydrogen) atoms. The molecule has 1 N–H and O–H groups in total. The van der Waals surface area contributed by atoms with Gasteiger partial charge in [-0.3, -0.25) is 3.83 Å². The van der Waals surface area contributed by atoms with Gasteiger partial charge in [-0.25, -0.2) is 4.79 Å². The summed E-state index contributed by atoms with van der Waals surface area (Å²) in [5, 5.41) is 8.57. The number of rotatable bonds is 7. The normalized spacial score (nSPS) is 12.8. The van der Waals surface area contributed by atoms with E-state index < -0.39 is 12.1 Å². The van der Waals surface area contributed by atoms with E-state index in [4.69, 9.17) is 5.11 Å². The molecular weight excluding hydrogens is 224 g/mol. The highest BCUT2D eigenvalue weighted by molar-refractivity contribution is 9.06. The third-order valence-corrected chi connectivity index (χ3v) is 2.15. The summed E-state index contributed by atoms with van der Waals surface area (Å²) in [6, 6.07) is 0. The topological polar surface area (TPSA) is 46.5 Å². The van der Waals surface area contributed by atoms with Gasteiger partial charge in [0, 0.05) is 0 Å². The van der Waals surface area contributed by atoms with Crippen molar-refractivity contribution in [2.45, 2.75) is 45.1 Å². The number of halogens is 1. The Morgan fingerprint density at radius 3 is 2.58 bits per heavy atom. The molecule has 72 valence electrons. The Balaban J connectivity index is 3.38. The zero-order valence-electron chi connectivity index (χ0n) is 7.25. The second kappa shape index (κ2) is 7.55. The first-order valence-corrected chi connectivity index (χ1v) is 4.87. The molecule has 0 saturated carbocycles. The Kier molecular flexibility index (Phi) is 7.50. The molecule has 0 aromatic carbocycles. The van der Waals surface area contributed by atoms with Gasteiger partial charge in [-0.2, -0.15) is 0 Å². The van der Waals surface area contributed by atoms with Crippen LogP contribution in [0.3, 0.4) is 0 Å². The van der Waals surface area contributed by atoms with Gasteiger partial charge in [0.1, 0.15) is 0 Å². The van der Waals surface area contributed by atoms with Gasteiger partial charge in [0.05, 0.1) is 16.3 Å². The van der Waals surface area contributed by atoms with Crippen molar-refractivity contribution in [1.82, 2.24) is 0 Å². The summed E-state index contributed by atoms with van der Waals surface area (Å²) in [4.78, 5) is 10.4. The average Bonchev–Trinajstić information content (AvgIpc) is 2.04. The molecule has 1 atom stereocenters. The fraction of sp³-hybridized carbons (Fsp3) is 0.875. The number of unbranched alkanes of at least 4 members (excludes halogenated alkanes) is 3. The Labute approximate surface area is 81.6 Å². The average molecular weight is 239 g/mol. The van der Waals surface area contributed by atoms with E-state index >= 15 is 0 Å². The van der Waals surface area contributed by atoms with Crippen molar-refractivity contribution >= 4 is 22.2 Å². The molecule has 0 bridgehead atoms. The van der Waals surface area contributed by atoms with Gasteiger partial charge >= 0.3 is 5.97 Å². The molecule has 0 spiro atoms. The number of hydrogen-bond donors (Lipinski definition) is 1. The van der Waals surface area contributed by atoms with Crippen LogP contribution in [0.25, 0.3) is 0 Å². The molecule has 0 heterocycles. The van der Waals surface area contributed by atoms with Crippen LogP contribution in [0.4, 0.5) is 0 Å². The monoisotopic (exact) mass is 238 g/mol. The summed E-state index contributed by atoms with van der Waals surface area (Å²) < 4.78 is 4.60. The van der Waals surface area contributed by atoms with Crippen molar-refractivity contribution in [1.29, 1.82) is 0 Å². The summed E-state index contributed by atoms with van der Waals surface area (Å²) in [5.74, 6) is -0.900. The highest BCUT2D eigenvalue weighted by Gasteiger charge is 2.15. The molecule has 3 nitrogen and oxygen atoms in total. The fourth-order valence-corrected chi connectivity index (χ4v) is 1.31. The van der Waals surface area contributed by atoms with Crippen molar-refractivity contribution in [3.8, 4) is 0 Å². The van der Waals surface area contributed by atoms with E-state index in [1.54, 1.807) is 0 Å². The summed E-state index contributed by atoms with van der Waals surface area (Å²) in [6.45, 7) is 2.12. The van der Waals surface area contributed by atoms with Crippen LogP contribution >= 0.6 is 16.3 Å². The lowest BCUT2D eigenvalue weighted by Crippen LogP contribution is -2.19. The molecule has 0 saturated heterocycles. The summed E-state index contributed by atoms with van der Waals surface area (Å²) >= 11 is 2.70. The van der Waals surface area contributed by atoms with Crippen LogP contribution in [0, 0.1) is 0 Å². The van der Waals surface area contributed by atoms with Crippen LogP contribution in [0.5, 0.6) is 0 Å². The summed E-state index contributed by atoms with van der Waals surface area (Å²) in [5.41, 5.74) is 0. The molecule has 0 aliphatic heterocycles. The van der Waals surface area contributed by atoms with Crippen molar-refractivity contribution in [3.05, 3.63) is 0 Å². The quantitative estimate of drug-likeness (QED) is 0.695. The number of hydrogen-bond acceptors (Lipinski definition) is 2. The molecule has 4 heteroatoms. The maximum Gasteiger partial charge on any atom is 0.334 e. The lowest BCUT2D eigenvalue weighted by atomic mass is 10.1. The van der Waals surface area contributed by atoms with E-state index in [1.165, 1.54) is 0 Å². The standard InChI is InChI=1S/C8H15BrO3/c1-2-3-4-5-6-7(12-9)8(10)11/h7H,2-6H2,1H3,(H,10,11). The van der Waals surface area contributed by atoms with Gasteiger partial charge in [-0.15, -0.1) is 0 Å². The van der Waals surface area contributed by atoms with Crippen molar-refractivity contribution in [2.75, 3.05) is 0 Å². The Bertz CT molecular complexity index is 127. The predicted molar refractivity (Wildman–Crippen MR) is 50.2 cm³/mol. The van der Waals surface area contributed by atoms with Gasteiger partial charge in [-0.1, -0.05) is 32.6 Å². The van der Waals surface area contributed by atoms with Crippen LogP contribution in [-0.4, -0.2) is 17.2 Å². The minimum atomic E-state index is -0.900. The van der Waals surface area contributed by atoms with Gasteiger partial charge in [0.2, 0.25) is 0 Å².